The van der Waals surface area contributed by atoms with Gasteiger partial charge in [0.15, 0.2) is 0 Å². The van der Waals surface area contributed by atoms with Gasteiger partial charge in [-0.25, -0.2) is 0 Å². The van der Waals surface area contributed by atoms with E-state index in [0.29, 0.717) is 12.3 Å². The number of carbonyl (C=O) groups excluding carboxylic acids is 1. The van der Waals surface area contributed by atoms with E-state index < -0.39 is 18.0 Å². The van der Waals surface area contributed by atoms with Crippen LogP contribution in [-0.2, 0) is 6.42 Å². The van der Waals surface area contributed by atoms with E-state index in [9.17, 15) is 18.0 Å². The molecule has 2 rings (SSSR count). The van der Waals surface area contributed by atoms with Crippen LogP contribution in [0.5, 0.6) is 5.75 Å². The second-order valence-corrected chi connectivity index (χ2v) is 5.14. The molecule has 0 radical (unpaired) electrons. The van der Waals surface area contributed by atoms with Crippen LogP contribution < -0.4 is 15.8 Å². The summed E-state index contributed by atoms with van der Waals surface area (Å²) in [7, 11) is 0. The molecule has 1 aliphatic heterocycles. The Balaban J connectivity index is 2.17. The van der Waals surface area contributed by atoms with Crippen LogP contribution in [0.15, 0.2) is 18.2 Å². The number of nitrogens with one attached hydrogen (secondary N) is 1. The molecule has 1 heterocycles. The van der Waals surface area contributed by atoms with Gasteiger partial charge in [-0.1, -0.05) is 6.07 Å². The van der Waals surface area contributed by atoms with Crippen LogP contribution in [0, 0.1) is 5.92 Å². The molecule has 1 fully saturated rings. The molecule has 0 aromatic heterocycles. The number of amides is 1. The number of ether oxygens (including phenoxy) is 1. The van der Waals surface area contributed by atoms with Crippen molar-refractivity contribution < 1.29 is 22.7 Å². The monoisotopic (exact) mass is 302 g/mol. The third-order valence-electron chi connectivity index (χ3n) is 3.52. The van der Waals surface area contributed by atoms with E-state index in [2.05, 4.69) is 10.1 Å². The van der Waals surface area contributed by atoms with Crippen LogP contribution >= 0.6 is 0 Å². The lowest BCUT2D eigenvalue weighted by Gasteiger charge is -2.23. The molecule has 1 saturated heterocycles. The zero-order chi connectivity index (χ0) is 15.5. The summed E-state index contributed by atoms with van der Waals surface area (Å²) in [4.78, 5) is 11.3. The number of carbonyl (C=O) groups is 1. The Morgan fingerprint density at radius 3 is 2.57 bits per heavy atom. The van der Waals surface area contributed by atoms with E-state index >= 15 is 0 Å². The smallest absolute Gasteiger partial charge is 0.405 e. The number of hydrogen-bond acceptors (Lipinski definition) is 3. The summed E-state index contributed by atoms with van der Waals surface area (Å²) in [5.41, 5.74) is 5.70. The summed E-state index contributed by atoms with van der Waals surface area (Å²) in [5, 5.41) is 3.25. The van der Waals surface area contributed by atoms with E-state index in [1.54, 1.807) is 6.07 Å². The summed E-state index contributed by atoms with van der Waals surface area (Å²) in [6.45, 7) is 1.87. The van der Waals surface area contributed by atoms with E-state index in [-0.39, 0.29) is 5.56 Å². The van der Waals surface area contributed by atoms with Gasteiger partial charge in [0.25, 0.3) is 5.91 Å². The van der Waals surface area contributed by atoms with Gasteiger partial charge in [-0.05, 0) is 56.0 Å². The quantitative estimate of drug-likeness (QED) is 0.896. The molecular formula is C14H17F3N2O2. The minimum atomic E-state index is -4.85. The lowest BCUT2D eigenvalue weighted by molar-refractivity contribution is -0.274. The van der Waals surface area contributed by atoms with Gasteiger partial charge >= 0.3 is 6.36 Å². The highest BCUT2D eigenvalue weighted by Crippen LogP contribution is 2.28. The molecule has 0 saturated carbocycles. The number of rotatable bonds is 4. The van der Waals surface area contributed by atoms with Crippen molar-refractivity contribution in [2.75, 3.05) is 13.1 Å². The van der Waals surface area contributed by atoms with E-state index in [1.165, 1.54) is 6.07 Å². The fourth-order valence-electron chi connectivity index (χ4n) is 2.53. The molecule has 0 bridgehead atoms. The summed E-state index contributed by atoms with van der Waals surface area (Å²) >= 11 is 0. The number of benzene rings is 1. The summed E-state index contributed by atoms with van der Waals surface area (Å²) in [5.74, 6) is -1.02. The normalized spacial score (nSPS) is 16.7. The Morgan fingerprint density at radius 1 is 1.33 bits per heavy atom. The van der Waals surface area contributed by atoms with E-state index in [0.717, 1.165) is 37.6 Å². The molecule has 0 atom stereocenters. The minimum Gasteiger partial charge on any atom is -0.405 e. The standard InChI is InChI=1S/C14H17F3N2O2/c15-14(16,17)21-12-2-1-10(8-11(12)13(18)20)7-9-3-5-19-6-4-9/h1-2,8-9,19H,3-7H2,(H2,18,20). The van der Waals surface area contributed by atoms with Crippen molar-refractivity contribution in [3.63, 3.8) is 0 Å². The lowest BCUT2D eigenvalue weighted by Crippen LogP contribution is -2.28. The number of primary amides is 1. The van der Waals surface area contributed by atoms with E-state index in [1.807, 2.05) is 0 Å². The topological polar surface area (TPSA) is 64.4 Å². The minimum absolute atomic E-state index is 0.237. The first-order valence-corrected chi connectivity index (χ1v) is 6.74. The summed E-state index contributed by atoms with van der Waals surface area (Å²) in [6, 6.07) is 4.10. The molecule has 0 spiro atoms. The van der Waals surface area contributed by atoms with Crippen molar-refractivity contribution in [2.45, 2.75) is 25.6 Å². The Bertz CT molecular complexity index is 511. The number of piperidine rings is 1. The van der Waals surface area contributed by atoms with Gasteiger partial charge in [0.1, 0.15) is 5.75 Å². The SMILES string of the molecule is NC(=O)c1cc(CC2CCNCC2)ccc1OC(F)(F)F. The van der Waals surface area contributed by atoms with Gasteiger partial charge in [-0.3, -0.25) is 4.79 Å². The van der Waals surface area contributed by atoms with Crippen LogP contribution in [0.2, 0.25) is 0 Å². The zero-order valence-electron chi connectivity index (χ0n) is 11.4. The first-order chi connectivity index (χ1) is 9.85. The van der Waals surface area contributed by atoms with Gasteiger partial charge in [-0.15, -0.1) is 13.2 Å². The fraction of sp³-hybridized carbons (Fsp3) is 0.500. The van der Waals surface area contributed by atoms with Crippen molar-refractivity contribution in [1.29, 1.82) is 0 Å². The van der Waals surface area contributed by atoms with Crippen LogP contribution in [-0.4, -0.2) is 25.4 Å². The average Bonchev–Trinajstić information content (AvgIpc) is 2.40. The Labute approximate surface area is 120 Å². The molecule has 1 amide bonds. The van der Waals surface area contributed by atoms with Crippen molar-refractivity contribution >= 4 is 5.91 Å². The van der Waals surface area contributed by atoms with Gasteiger partial charge in [0.2, 0.25) is 0 Å². The zero-order valence-corrected chi connectivity index (χ0v) is 11.4. The molecule has 7 heteroatoms. The maximum absolute atomic E-state index is 12.3. The number of hydrogen-bond donors (Lipinski definition) is 2. The van der Waals surface area contributed by atoms with Crippen LogP contribution in [0.25, 0.3) is 0 Å². The maximum Gasteiger partial charge on any atom is 0.573 e. The molecule has 0 unspecified atom stereocenters. The molecule has 116 valence electrons. The van der Waals surface area contributed by atoms with E-state index in [4.69, 9.17) is 5.73 Å². The number of alkyl halides is 3. The maximum atomic E-state index is 12.3. The highest BCUT2D eigenvalue weighted by molar-refractivity contribution is 5.95. The van der Waals surface area contributed by atoms with Gasteiger partial charge in [0, 0.05) is 0 Å². The van der Waals surface area contributed by atoms with Crippen LogP contribution in [0.3, 0.4) is 0 Å². The van der Waals surface area contributed by atoms with Crippen LogP contribution in [0.4, 0.5) is 13.2 Å². The summed E-state index contributed by atoms with van der Waals surface area (Å²) in [6.07, 6.45) is -2.12. The highest BCUT2D eigenvalue weighted by Gasteiger charge is 2.32. The van der Waals surface area contributed by atoms with Crippen molar-refractivity contribution in [2.24, 2.45) is 11.7 Å². The second kappa shape index (κ2) is 6.34. The highest BCUT2D eigenvalue weighted by atomic mass is 19.4. The van der Waals surface area contributed by atoms with Gasteiger partial charge in [-0.2, -0.15) is 0 Å². The average molecular weight is 302 g/mol. The predicted octanol–water partition coefficient (Wildman–Crippen LogP) is 2.23. The molecule has 1 aromatic rings. The third kappa shape index (κ3) is 4.63. The second-order valence-electron chi connectivity index (χ2n) is 5.14. The Hall–Kier alpha value is -1.76. The number of halogens is 3. The predicted molar refractivity (Wildman–Crippen MR) is 70.9 cm³/mol. The molecule has 21 heavy (non-hydrogen) atoms. The van der Waals surface area contributed by atoms with Crippen LogP contribution in [0.1, 0.15) is 28.8 Å². The molecule has 0 aliphatic carbocycles. The Kier molecular flexibility index (Phi) is 4.72. The lowest BCUT2D eigenvalue weighted by atomic mass is 9.90. The number of nitrogens with two attached hydrogens (primary N) is 1. The van der Waals surface area contributed by atoms with Crippen molar-refractivity contribution in [1.82, 2.24) is 5.32 Å². The Morgan fingerprint density at radius 2 is 2.00 bits per heavy atom. The molecule has 1 aromatic carbocycles. The van der Waals surface area contributed by atoms with Crippen molar-refractivity contribution in [3.8, 4) is 5.75 Å². The first-order valence-electron chi connectivity index (χ1n) is 6.74. The largest absolute Gasteiger partial charge is 0.573 e. The van der Waals surface area contributed by atoms with Crippen molar-refractivity contribution in [3.05, 3.63) is 29.3 Å². The first kappa shape index (κ1) is 15.6. The fourth-order valence-corrected chi connectivity index (χ4v) is 2.53. The van der Waals surface area contributed by atoms with Gasteiger partial charge in [0.05, 0.1) is 5.56 Å². The van der Waals surface area contributed by atoms with Gasteiger partial charge < -0.3 is 15.8 Å². The molecular weight excluding hydrogens is 285 g/mol. The molecule has 1 aliphatic rings. The molecule has 3 N–H and O–H groups in total. The third-order valence-corrected chi connectivity index (χ3v) is 3.52. The molecule has 4 nitrogen and oxygen atoms in total. The summed E-state index contributed by atoms with van der Waals surface area (Å²) < 4.78 is 40.7.